The molecule has 1 aliphatic rings. The highest BCUT2D eigenvalue weighted by Crippen LogP contribution is 2.29. The molecule has 0 aromatic carbocycles. The molecule has 1 aromatic heterocycles. The van der Waals surface area contributed by atoms with Gasteiger partial charge in [-0.3, -0.25) is 0 Å². The first-order chi connectivity index (χ1) is 8.57. The fourth-order valence-electron chi connectivity index (χ4n) is 1.86. The van der Waals surface area contributed by atoms with Crippen molar-refractivity contribution in [2.75, 3.05) is 18.0 Å². The van der Waals surface area contributed by atoms with E-state index in [4.69, 9.17) is 0 Å². The lowest BCUT2D eigenvalue weighted by atomic mass is 10.1. The number of alkyl halides is 3. The van der Waals surface area contributed by atoms with Gasteiger partial charge in [-0.2, -0.15) is 13.2 Å². The highest BCUT2D eigenvalue weighted by Gasteiger charge is 2.30. The van der Waals surface area contributed by atoms with Gasteiger partial charge in [-0.15, -0.1) is 0 Å². The van der Waals surface area contributed by atoms with Crippen molar-refractivity contribution in [1.29, 1.82) is 0 Å². The van der Waals surface area contributed by atoms with E-state index in [2.05, 4.69) is 4.98 Å². The Morgan fingerprint density at radius 2 is 1.67 bits per heavy atom. The van der Waals surface area contributed by atoms with Crippen LogP contribution in [0.4, 0.5) is 19.0 Å². The second-order valence-electron chi connectivity index (χ2n) is 3.95. The zero-order valence-electron chi connectivity index (χ0n) is 10.8. The van der Waals surface area contributed by atoms with E-state index in [1.807, 2.05) is 18.7 Å². The SMILES string of the molecule is CC.FC(F)(F)c1ccc(N2CCCCC2)nc1. The maximum atomic E-state index is 12.3. The maximum absolute atomic E-state index is 12.3. The van der Waals surface area contributed by atoms with E-state index in [1.54, 1.807) is 0 Å². The first-order valence-electron chi connectivity index (χ1n) is 6.35. The summed E-state index contributed by atoms with van der Waals surface area (Å²) in [5.74, 6) is 0.646. The van der Waals surface area contributed by atoms with Crippen molar-refractivity contribution in [1.82, 2.24) is 4.98 Å². The molecule has 2 heterocycles. The van der Waals surface area contributed by atoms with Gasteiger partial charge < -0.3 is 4.90 Å². The Morgan fingerprint density at radius 1 is 1.06 bits per heavy atom. The van der Waals surface area contributed by atoms with Crippen molar-refractivity contribution < 1.29 is 13.2 Å². The third kappa shape index (κ3) is 3.89. The molecule has 0 aliphatic carbocycles. The summed E-state index contributed by atoms with van der Waals surface area (Å²) >= 11 is 0. The van der Waals surface area contributed by atoms with E-state index in [1.165, 1.54) is 12.5 Å². The molecule has 0 amide bonds. The minimum atomic E-state index is -4.30. The van der Waals surface area contributed by atoms with Crippen molar-refractivity contribution in [3.8, 4) is 0 Å². The lowest BCUT2D eigenvalue weighted by molar-refractivity contribution is -0.137. The number of hydrogen-bond acceptors (Lipinski definition) is 2. The summed E-state index contributed by atoms with van der Waals surface area (Å²) < 4.78 is 36.9. The van der Waals surface area contributed by atoms with E-state index < -0.39 is 11.7 Å². The summed E-state index contributed by atoms with van der Waals surface area (Å²) in [5, 5.41) is 0. The van der Waals surface area contributed by atoms with Gasteiger partial charge in [0.05, 0.1) is 5.56 Å². The van der Waals surface area contributed by atoms with Gasteiger partial charge in [0.25, 0.3) is 0 Å². The van der Waals surface area contributed by atoms with E-state index in [0.717, 1.165) is 38.2 Å². The molecule has 1 aliphatic heterocycles. The summed E-state index contributed by atoms with van der Waals surface area (Å²) in [4.78, 5) is 5.91. The number of aromatic nitrogens is 1. The highest BCUT2D eigenvalue weighted by molar-refractivity contribution is 5.40. The van der Waals surface area contributed by atoms with Crippen molar-refractivity contribution in [2.24, 2.45) is 0 Å². The molecule has 1 aromatic rings. The van der Waals surface area contributed by atoms with E-state index in [9.17, 15) is 13.2 Å². The van der Waals surface area contributed by atoms with Gasteiger partial charge in [0, 0.05) is 19.3 Å². The van der Waals surface area contributed by atoms with E-state index in [-0.39, 0.29) is 0 Å². The third-order valence-electron chi connectivity index (χ3n) is 2.76. The molecule has 0 spiro atoms. The minimum absolute atomic E-state index is 0.646. The Morgan fingerprint density at radius 3 is 2.11 bits per heavy atom. The first-order valence-corrected chi connectivity index (χ1v) is 6.35. The normalized spacial score (nSPS) is 15.9. The number of halogens is 3. The molecular formula is C13H19F3N2. The van der Waals surface area contributed by atoms with Crippen molar-refractivity contribution in [3.05, 3.63) is 23.9 Å². The number of anilines is 1. The Labute approximate surface area is 106 Å². The van der Waals surface area contributed by atoms with Crippen molar-refractivity contribution in [3.63, 3.8) is 0 Å². The first kappa shape index (κ1) is 14.8. The average Bonchev–Trinajstić information content (AvgIpc) is 2.41. The number of hydrogen-bond donors (Lipinski definition) is 0. The zero-order valence-corrected chi connectivity index (χ0v) is 10.8. The Balaban J connectivity index is 0.000000771. The molecule has 0 unspecified atom stereocenters. The van der Waals surface area contributed by atoms with Crippen LogP contribution < -0.4 is 4.90 Å². The topological polar surface area (TPSA) is 16.1 Å². The largest absolute Gasteiger partial charge is 0.417 e. The van der Waals surface area contributed by atoms with Crippen LogP contribution in [0.25, 0.3) is 0 Å². The molecular weight excluding hydrogens is 241 g/mol. The van der Waals surface area contributed by atoms with Crippen molar-refractivity contribution in [2.45, 2.75) is 39.3 Å². The van der Waals surface area contributed by atoms with Crippen molar-refractivity contribution >= 4 is 5.82 Å². The van der Waals surface area contributed by atoms with Crippen LogP contribution in [0, 0.1) is 0 Å². The summed E-state index contributed by atoms with van der Waals surface area (Å²) in [6.45, 7) is 5.77. The van der Waals surface area contributed by atoms with E-state index >= 15 is 0 Å². The van der Waals surface area contributed by atoms with Gasteiger partial charge in [0.2, 0.25) is 0 Å². The average molecular weight is 260 g/mol. The molecule has 102 valence electrons. The molecule has 0 atom stereocenters. The summed E-state index contributed by atoms with van der Waals surface area (Å²) in [6, 6.07) is 2.55. The number of piperidine rings is 1. The van der Waals surface area contributed by atoms with Gasteiger partial charge in [-0.05, 0) is 31.4 Å². The standard InChI is InChI=1S/C11H13F3N2.C2H6/c12-11(13,14)9-4-5-10(15-8-9)16-6-2-1-3-7-16;1-2/h4-5,8H,1-3,6-7H2;1-2H3. The molecule has 18 heavy (non-hydrogen) atoms. The maximum Gasteiger partial charge on any atom is 0.417 e. The van der Waals surface area contributed by atoms with E-state index in [0.29, 0.717) is 5.82 Å². The fourth-order valence-corrected chi connectivity index (χ4v) is 1.86. The quantitative estimate of drug-likeness (QED) is 0.755. The molecule has 2 rings (SSSR count). The van der Waals surface area contributed by atoms with Crippen LogP contribution in [-0.4, -0.2) is 18.1 Å². The smallest absolute Gasteiger partial charge is 0.357 e. The summed E-state index contributed by atoms with van der Waals surface area (Å²) in [7, 11) is 0. The lowest BCUT2D eigenvalue weighted by Crippen LogP contribution is -2.30. The molecule has 0 saturated carbocycles. The van der Waals surface area contributed by atoms with Gasteiger partial charge >= 0.3 is 6.18 Å². The van der Waals surface area contributed by atoms with Gasteiger partial charge in [-0.25, -0.2) is 4.98 Å². The Kier molecular flexibility index (Phi) is 5.44. The van der Waals surface area contributed by atoms with Crippen LogP contribution in [0.5, 0.6) is 0 Å². The van der Waals surface area contributed by atoms with Crippen LogP contribution in [0.3, 0.4) is 0 Å². The molecule has 5 heteroatoms. The Hall–Kier alpha value is -1.26. The highest BCUT2D eigenvalue weighted by atomic mass is 19.4. The lowest BCUT2D eigenvalue weighted by Gasteiger charge is -2.27. The second-order valence-corrected chi connectivity index (χ2v) is 3.95. The summed E-state index contributed by atoms with van der Waals surface area (Å²) in [6.07, 6.45) is -0.0279. The van der Waals surface area contributed by atoms with Crippen LogP contribution in [0.2, 0.25) is 0 Å². The third-order valence-corrected chi connectivity index (χ3v) is 2.76. The van der Waals surface area contributed by atoms with Crippen LogP contribution in [0.15, 0.2) is 18.3 Å². The summed E-state index contributed by atoms with van der Waals surface area (Å²) in [5.41, 5.74) is -0.687. The predicted molar refractivity (Wildman–Crippen MR) is 66.7 cm³/mol. The number of rotatable bonds is 1. The fraction of sp³-hybridized carbons (Fsp3) is 0.615. The number of pyridine rings is 1. The molecule has 1 saturated heterocycles. The van der Waals surface area contributed by atoms with Gasteiger partial charge in [-0.1, -0.05) is 13.8 Å². The van der Waals surface area contributed by atoms with Gasteiger partial charge in [0.1, 0.15) is 5.82 Å². The predicted octanol–water partition coefficient (Wildman–Crippen LogP) is 4.12. The van der Waals surface area contributed by atoms with Gasteiger partial charge in [0.15, 0.2) is 0 Å². The molecule has 1 fully saturated rings. The minimum Gasteiger partial charge on any atom is -0.357 e. The van der Waals surface area contributed by atoms with Crippen LogP contribution in [-0.2, 0) is 6.18 Å². The van der Waals surface area contributed by atoms with Crippen LogP contribution in [0.1, 0.15) is 38.7 Å². The zero-order chi connectivity index (χ0) is 13.6. The van der Waals surface area contributed by atoms with Crippen LogP contribution >= 0.6 is 0 Å². The Bertz CT molecular complexity index is 340. The molecule has 0 bridgehead atoms. The monoisotopic (exact) mass is 260 g/mol. The second kappa shape index (κ2) is 6.61. The molecule has 0 N–H and O–H groups in total. The molecule has 0 radical (unpaired) electrons. The molecule has 2 nitrogen and oxygen atoms in total. The number of nitrogens with zero attached hydrogens (tertiary/aromatic N) is 2.